The van der Waals surface area contributed by atoms with E-state index in [2.05, 4.69) is 25.9 Å². The van der Waals surface area contributed by atoms with Crippen LogP contribution in [0.15, 0.2) is 28.7 Å². The lowest BCUT2D eigenvalue weighted by atomic mass is 10.1. The molecule has 1 saturated carbocycles. The average molecular weight is 503 g/mol. The molecule has 2 fully saturated rings. The van der Waals surface area contributed by atoms with Crippen molar-refractivity contribution in [1.29, 1.82) is 0 Å². The quantitative estimate of drug-likeness (QED) is 0.561. The van der Waals surface area contributed by atoms with E-state index in [1.54, 1.807) is 24.0 Å². The summed E-state index contributed by atoms with van der Waals surface area (Å²) in [4.78, 5) is 16.9. The van der Waals surface area contributed by atoms with Crippen LogP contribution in [-0.4, -0.2) is 51.7 Å². The average Bonchev–Trinajstić information content (AvgIpc) is 3.50. The third kappa shape index (κ3) is 4.79. The number of hydrogen-bond acceptors (Lipinski definition) is 3. The van der Waals surface area contributed by atoms with Crippen LogP contribution in [0.25, 0.3) is 0 Å². The maximum Gasteiger partial charge on any atom is 0.436 e. The second-order valence-corrected chi connectivity index (χ2v) is 8.96. The first-order valence-electron chi connectivity index (χ1n) is 10.3. The summed E-state index contributed by atoms with van der Waals surface area (Å²) in [5, 5.41) is 3.79. The molecule has 5 nitrogen and oxygen atoms in total. The van der Waals surface area contributed by atoms with Crippen LogP contribution in [0.1, 0.15) is 48.7 Å². The molecule has 1 saturated heterocycles. The van der Waals surface area contributed by atoms with Gasteiger partial charge in [0.15, 0.2) is 5.69 Å². The number of amides is 1. The molecule has 1 aliphatic carbocycles. The summed E-state index contributed by atoms with van der Waals surface area (Å²) in [5.41, 5.74) is 0.478. The minimum atomic E-state index is -4.58. The number of halogens is 5. The first-order valence-corrected chi connectivity index (χ1v) is 11.0. The number of aromatic nitrogens is 2. The Hall–Kier alpha value is -1.94. The summed E-state index contributed by atoms with van der Waals surface area (Å²) in [7, 11) is 0. The van der Waals surface area contributed by atoms with Crippen LogP contribution >= 0.6 is 15.9 Å². The predicted octanol–water partition coefficient (Wildman–Crippen LogP) is 4.59. The number of alkyl halides is 3. The van der Waals surface area contributed by atoms with E-state index in [0.29, 0.717) is 38.4 Å². The van der Waals surface area contributed by atoms with Gasteiger partial charge in [-0.15, -0.1) is 0 Å². The molecule has 2 aliphatic rings. The van der Waals surface area contributed by atoms with Gasteiger partial charge < -0.3 is 4.90 Å². The first-order chi connectivity index (χ1) is 14.6. The lowest BCUT2D eigenvalue weighted by Crippen LogP contribution is -2.50. The lowest BCUT2D eigenvalue weighted by Gasteiger charge is -2.36. The van der Waals surface area contributed by atoms with Crippen molar-refractivity contribution in [2.24, 2.45) is 0 Å². The van der Waals surface area contributed by atoms with Crippen LogP contribution < -0.4 is 0 Å². The highest BCUT2D eigenvalue weighted by Crippen LogP contribution is 2.47. The van der Waals surface area contributed by atoms with Crippen LogP contribution in [0, 0.1) is 5.82 Å². The molecule has 1 aliphatic heterocycles. The molecule has 0 spiro atoms. The molecule has 1 atom stereocenters. The largest absolute Gasteiger partial charge is 0.436 e. The fourth-order valence-electron chi connectivity index (χ4n) is 3.97. The highest BCUT2D eigenvalue weighted by molar-refractivity contribution is 9.10. The number of carbonyl (C=O) groups is 1. The summed E-state index contributed by atoms with van der Waals surface area (Å²) < 4.78 is 54.4. The molecule has 0 N–H and O–H groups in total. The summed E-state index contributed by atoms with van der Waals surface area (Å²) >= 11 is 3.08. The van der Waals surface area contributed by atoms with Crippen LogP contribution in [-0.2, 0) is 17.5 Å². The lowest BCUT2D eigenvalue weighted by molar-refractivity contribution is -0.143. The Labute approximate surface area is 186 Å². The van der Waals surface area contributed by atoms with Gasteiger partial charge in [0.25, 0.3) is 0 Å². The van der Waals surface area contributed by atoms with Crippen LogP contribution in [0.4, 0.5) is 17.6 Å². The normalized spacial score (nSPS) is 19.0. The third-order valence-corrected chi connectivity index (χ3v) is 6.63. The molecule has 1 amide bonds. The molecule has 31 heavy (non-hydrogen) atoms. The Bertz CT molecular complexity index is 948. The van der Waals surface area contributed by atoms with E-state index in [-0.39, 0.29) is 22.1 Å². The van der Waals surface area contributed by atoms with Crippen molar-refractivity contribution >= 4 is 21.8 Å². The minimum Gasteiger partial charge on any atom is -0.338 e. The van der Waals surface area contributed by atoms with Crippen molar-refractivity contribution in [3.05, 3.63) is 51.5 Å². The zero-order valence-electron chi connectivity index (χ0n) is 17.0. The van der Waals surface area contributed by atoms with Crippen molar-refractivity contribution in [2.75, 3.05) is 26.2 Å². The van der Waals surface area contributed by atoms with Crippen molar-refractivity contribution < 1.29 is 22.4 Å². The number of carbonyl (C=O) groups excluding carboxylic acids is 1. The highest BCUT2D eigenvalue weighted by Gasteiger charge is 2.43. The van der Waals surface area contributed by atoms with Crippen molar-refractivity contribution in [1.82, 2.24) is 19.6 Å². The molecule has 1 unspecified atom stereocenters. The SMILES string of the molecule is CC(C(=O)N1CCN(Cc2ccc(F)cc2)CC1)n1nc(C(F)(F)F)c(Br)c1C1CC1. The molecule has 0 radical (unpaired) electrons. The Morgan fingerprint density at radius 2 is 1.77 bits per heavy atom. The second-order valence-electron chi connectivity index (χ2n) is 8.17. The van der Waals surface area contributed by atoms with Crippen molar-refractivity contribution in [3.8, 4) is 0 Å². The molecule has 168 valence electrons. The van der Waals surface area contributed by atoms with E-state index in [9.17, 15) is 22.4 Å². The Balaban J connectivity index is 1.43. The smallest absolute Gasteiger partial charge is 0.338 e. The van der Waals surface area contributed by atoms with E-state index < -0.39 is 17.9 Å². The van der Waals surface area contributed by atoms with Gasteiger partial charge in [0.2, 0.25) is 5.91 Å². The number of piperazine rings is 1. The molecular formula is C21H23BrF4N4O. The first kappa shape index (κ1) is 22.3. The number of nitrogens with zero attached hydrogens (tertiary/aromatic N) is 4. The Kier molecular flexibility index (Phi) is 6.13. The zero-order chi connectivity index (χ0) is 22.3. The predicted molar refractivity (Wildman–Crippen MR) is 110 cm³/mol. The maximum atomic E-state index is 13.4. The molecular weight excluding hydrogens is 480 g/mol. The second kappa shape index (κ2) is 8.54. The summed E-state index contributed by atoms with van der Waals surface area (Å²) in [6.45, 7) is 4.52. The van der Waals surface area contributed by atoms with Gasteiger partial charge in [-0.3, -0.25) is 14.4 Å². The highest BCUT2D eigenvalue weighted by atomic mass is 79.9. The van der Waals surface area contributed by atoms with Gasteiger partial charge in [-0.05, 0) is 53.4 Å². The molecule has 1 aromatic carbocycles. The van der Waals surface area contributed by atoms with Gasteiger partial charge in [0.05, 0.1) is 10.2 Å². The molecule has 2 aromatic rings. The van der Waals surface area contributed by atoms with E-state index in [4.69, 9.17) is 0 Å². The van der Waals surface area contributed by atoms with Gasteiger partial charge in [-0.2, -0.15) is 18.3 Å². The van der Waals surface area contributed by atoms with Crippen LogP contribution in [0.3, 0.4) is 0 Å². The van der Waals surface area contributed by atoms with Gasteiger partial charge in [0, 0.05) is 38.6 Å². The maximum absolute atomic E-state index is 13.4. The summed E-state index contributed by atoms with van der Waals surface area (Å²) in [6.07, 6.45) is -2.99. The van der Waals surface area contributed by atoms with Crippen LogP contribution in [0.5, 0.6) is 0 Å². The van der Waals surface area contributed by atoms with Gasteiger partial charge >= 0.3 is 6.18 Å². The standard InChI is InChI=1S/C21H23BrF4N4O/c1-13(30-18(15-4-5-15)17(22)19(27-30)21(24,25)26)20(31)29-10-8-28(9-11-29)12-14-2-6-16(23)7-3-14/h2-3,6-7,13,15H,4-5,8-12H2,1H3. The number of benzene rings is 1. The van der Waals surface area contributed by atoms with Crippen LogP contribution in [0.2, 0.25) is 0 Å². The molecule has 0 bridgehead atoms. The Morgan fingerprint density at radius 1 is 1.16 bits per heavy atom. The third-order valence-electron chi connectivity index (χ3n) is 5.85. The molecule has 2 heterocycles. The van der Waals surface area contributed by atoms with E-state index in [1.807, 2.05) is 0 Å². The fourth-order valence-corrected chi connectivity index (χ4v) is 4.78. The topological polar surface area (TPSA) is 41.4 Å². The van der Waals surface area contributed by atoms with Gasteiger partial charge in [-0.25, -0.2) is 4.39 Å². The summed E-state index contributed by atoms with van der Waals surface area (Å²) in [6, 6.07) is 5.51. The number of rotatable bonds is 5. The summed E-state index contributed by atoms with van der Waals surface area (Å²) in [5.74, 6) is -0.509. The Morgan fingerprint density at radius 3 is 2.32 bits per heavy atom. The molecule has 4 rings (SSSR count). The van der Waals surface area contributed by atoms with E-state index >= 15 is 0 Å². The minimum absolute atomic E-state index is 0.000724. The zero-order valence-corrected chi connectivity index (χ0v) is 18.6. The van der Waals surface area contributed by atoms with E-state index in [1.165, 1.54) is 16.8 Å². The molecule has 10 heteroatoms. The van der Waals surface area contributed by atoms with Gasteiger partial charge in [0.1, 0.15) is 11.9 Å². The fraction of sp³-hybridized carbons (Fsp3) is 0.524. The van der Waals surface area contributed by atoms with E-state index in [0.717, 1.165) is 18.4 Å². The molecule has 1 aromatic heterocycles. The van der Waals surface area contributed by atoms with Crippen molar-refractivity contribution in [3.63, 3.8) is 0 Å². The van der Waals surface area contributed by atoms with Crippen molar-refractivity contribution in [2.45, 2.75) is 44.4 Å². The van der Waals surface area contributed by atoms with Gasteiger partial charge in [-0.1, -0.05) is 12.1 Å². The monoisotopic (exact) mass is 502 g/mol. The number of hydrogen-bond donors (Lipinski definition) is 0.